The van der Waals surface area contributed by atoms with Gasteiger partial charge < -0.3 is 11.1 Å². The van der Waals surface area contributed by atoms with Gasteiger partial charge in [0, 0.05) is 27.5 Å². The fourth-order valence-corrected chi connectivity index (χ4v) is 4.05. The molecule has 1 aliphatic heterocycles. The molecular weight excluding hydrogens is 338 g/mol. The van der Waals surface area contributed by atoms with Gasteiger partial charge >= 0.3 is 0 Å². The smallest absolute Gasteiger partial charge is 0.115 e. The number of rotatable bonds is 2. The number of nitrogens with one attached hydrogen (secondary N) is 1. The average Bonchev–Trinajstić information content (AvgIpc) is 2.61. The summed E-state index contributed by atoms with van der Waals surface area (Å²) in [6, 6.07) is 20.2. The van der Waals surface area contributed by atoms with Gasteiger partial charge in [-0.05, 0) is 29.7 Å². The molecule has 0 fully saturated rings. The van der Waals surface area contributed by atoms with E-state index >= 15 is 0 Å². The van der Waals surface area contributed by atoms with E-state index in [-0.39, 0.29) is 5.25 Å². The minimum Gasteiger partial charge on any atom is -0.386 e. The normalized spacial score (nSPS) is 17.4. The van der Waals surface area contributed by atoms with Crippen molar-refractivity contribution >= 4 is 51.3 Å². The molecule has 0 saturated carbocycles. The van der Waals surface area contributed by atoms with Crippen LogP contribution in [-0.2, 0) is 0 Å². The van der Waals surface area contributed by atoms with E-state index in [1.165, 1.54) is 5.39 Å². The predicted octanol–water partition coefficient (Wildman–Crippen LogP) is 5.07. The number of hydrogen-bond donors (Lipinski definition) is 2. The summed E-state index contributed by atoms with van der Waals surface area (Å²) in [4.78, 5) is 5.85. The van der Waals surface area contributed by atoms with E-state index in [4.69, 9.17) is 22.3 Å². The zero-order valence-corrected chi connectivity index (χ0v) is 14.4. The molecule has 1 heterocycles. The molecule has 0 saturated heterocycles. The first-order chi connectivity index (χ1) is 11.7. The number of hydrogen-bond acceptors (Lipinski definition) is 3. The van der Waals surface area contributed by atoms with Gasteiger partial charge in [0.15, 0.2) is 0 Å². The molecule has 4 rings (SSSR count). The van der Waals surface area contributed by atoms with Crippen molar-refractivity contribution in [3.05, 3.63) is 65.7 Å². The SMILES string of the molecule is NC(=Nc1cccc2ccccc12)C1CNc2cc(Cl)ccc2S1. The first kappa shape index (κ1) is 15.4. The lowest BCUT2D eigenvalue weighted by Gasteiger charge is -2.25. The Morgan fingerprint density at radius 1 is 1.12 bits per heavy atom. The van der Waals surface area contributed by atoms with E-state index < -0.39 is 0 Å². The monoisotopic (exact) mass is 353 g/mol. The minimum absolute atomic E-state index is 0.0950. The van der Waals surface area contributed by atoms with Crippen molar-refractivity contribution < 1.29 is 0 Å². The summed E-state index contributed by atoms with van der Waals surface area (Å²) in [6.07, 6.45) is 0. The van der Waals surface area contributed by atoms with Crippen molar-refractivity contribution in [2.45, 2.75) is 10.1 Å². The van der Waals surface area contributed by atoms with Crippen molar-refractivity contribution in [2.24, 2.45) is 10.7 Å². The summed E-state index contributed by atoms with van der Waals surface area (Å²) in [5.74, 6) is 0.629. The summed E-state index contributed by atoms with van der Waals surface area (Å²) in [7, 11) is 0. The van der Waals surface area contributed by atoms with Gasteiger partial charge in [0.2, 0.25) is 0 Å². The Morgan fingerprint density at radius 2 is 1.96 bits per heavy atom. The molecule has 3 aromatic rings. The van der Waals surface area contributed by atoms with Crippen LogP contribution in [0.4, 0.5) is 11.4 Å². The molecule has 0 amide bonds. The minimum atomic E-state index is 0.0950. The van der Waals surface area contributed by atoms with Gasteiger partial charge in [0.1, 0.15) is 5.84 Å². The molecule has 3 N–H and O–H groups in total. The highest BCUT2D eigenvalue weighted by Crippen LogP contribution is 2.37. The molecule has 0 aliphatic carbocycles. The summed E-state index contributed by atoms with van der Waals surface area (Å²) < 4.78 is 0. The van der Waals surface area contributed by atoms with Crippen molar-refractivity contribution in [1.82, 2.24) is 0 Å². The van der Waals surface area contributed by atoms with Gasteiger partial charge in [-0.1, -0.05) is 48.0 Å². The highest BCUT2D eigenvalue weighted by molar-refractivity contribution is 8.01. The third kappa shape index (κ3) is 2.95. The van der Waals surface area contributed by atoms with Crippen LogP contribution in [0, 0.1) is 0 Å². The van der Waals surface area contributed by atoms with E-state index in [0.29, 0.717) is 5.84 Å². The summed E-state index contributed by atoms with van der Waals surface area (Å²) >= 11 is 7.76. The molecule has 1 atom stereocenters. The molecule has 0 bridgehead atoms. The third-order valence-electron chi connectivity index (χ3n) is 4.03. The molecule has 0 spiro atoms. The second-order valence-corrected chi connectivity index (χ2v) is 7.34. The van der Waals surface area contributed by atoms with Crippen LogP contribution >= 0.6 is 23.4 Å². The van der Waals surface area contributed by atoms with Gasteiger partial charge in [-0.15, -0.1) is 11.8 Å². The zero-order valence-electron chi connectivity index (χ0n) is 12.9. The second-order valence-electron chi connectivity index (χ2n) is 5.66. The Morgan fingerprint density at radius 3 is 2.88 bits per heavy atom. The quantitative estimate of drug-likeness (QED) is 0.499. The number of halogens is 1. The summed E-state index contributed by atoms with van der Waals surface area (Å²) in [6.45, 7) is 0.734. The Kier molecular flexibility index (Phi) is 4.08. The molecule has 3 aromatic carbocycles. The standard InChI is InChI=1S/C19H16ClN3S/c20-13-8-9-17-16(10-13)22-11-18(24-17)19(21)23-15-7-3-5-12-4-1-2-6-14(12)15/h1-10,18,22H,11H2,(H2,21,23). The van der Waals surface area contributed by atoms with Crippen LogP contribution in [0.1, 0.15) is 0 Å². The fraction of sp³-hybridized carbons (Fsp3) is 0.105. The first-order valence-corrected chi connectivity index (χ1v) is 8.98. The van der Waals surface area contributed by atoms with Crippen molar-refractivity contribution in [2.75, 3.05) is 11.9 Å². The molecule has 3 nitrogen and oxygen atoms in total. The number of benzene rings is 3. The average molecular weight is 354 g/mol. The van der Waals surface area contributed by atoms with Crippen LogP contribution in [0.2, 0.25) is 5.02 Å². The van der Waals surface area contributed by atoms with Gasteiger partial charge in [0.05, 0.1) is 10.9 Å². The number of aliphatic imine (C=N–C) groups is 1. The summed E-state index contributed by atoms with van der Waals surface area (Å²) in [5, 5.41) is 6.50. The topological polar surface area (TPSA) is 50.4 Å². The van der Waals surface area contributed by atoms with Crippen LogP contribution in [-0.4, -0.2) is 17.6 Å². The molecule has 1 unspecified atom stereocenters. The van der Waals surface area contributed by atoms with Gasteiger partial charge in [-0.3, -0.25) is 0 Å². The number of anilines is 1. The van der Waals surface area contributed by atoms with Gasteiger partial charge in [0.25, 0.3) is 0 Å². The summed E-state index contributed by atoms with van der Waals surface area (Å²) in [5.41, 5.74) is 8.29. The van der Waals surface area contributed by atoms with Crippen LogP contribution in [0.25, 0.3) is 10.8 Å². The van der Waals surface area contributed by atoms with Crippen molar-refractivity contribution in [3.63, 3.8) is 0 Å². The van der Waals surface area contributed by atoms with E-state index in [2.05, 4.69) is 23.5 Å². The van der Waals surface area contributed by atoms with Crippen molar-refractivity contribution in [1.29, 1.82) is 0 Å². The first-order valence-electron chi connectivity index (χ1n) is 7.72. The van der Waals surface area contributed by atoms with E-state index in [0.717, 1.165) is 33.2 Å². The fourth-order valence-electron chi connectivity index (χ4n) is 2.82. The molecule has 5 heteroatoms. The maximum absolute atomic E-state index is 6.32. The largest absolute Gasteiger partial charge is 0.386 e. The number of fused-ring (bicyclic) bond motifs is 2. The van der Waals surface area contributed by atoms with E-state index in [9.17, 15) is 0 Å². The number of amidine groups is 1. The Balaban J connectivity index is 1.65. The van der Waals surface area contributed by atoms with Gasteiger partial charge in [-0.2, -0.15) is 0 Å². The maximum Gasteiger partial charge on any atom is 0.115 e. The van der Waals surface area contributed by atoms with Crippen LogP contribution < -0.4 is 11.1 Å². The highest BCUT2D eigenvalue weighted by Gasteiger charge is 2.22. The lowest BCUT2D eigenvalue weighted by Crippen LogP contribution is -2.34. The van der Waals surface area contributed by atoms with E-state index in [1.807, 2.05) is 42.5 Å². The molecule has 1 aliphatic rings. The second kappa shape index (κ2) is 6.38. The maximum atomic E-state index is 6.32. The van der Waals surface area contributed by atoms with Crippen molar-refractivity contribution in [3.8, 4) is 0 Å². The Labute approximate surface area is 149 Å². The number of thioether (sulfide) groups is 1. The highest BCUT2D eigenvalue weighted by atomic mass is 35.5. The van der Waals surface area contributed by atoms with E-state index in [1.54, 1.807) is 11.8 Å². The molecule has 0 aromatic heterocycles. The Hall–Kier alpha value is -2.17. The predicted molar refractivity (Wildman–Crippen MR) is 105 cm³/mol. The van der Waals surface area contributed by atoms with Crippen LogP contribution in [0.15, 0.2) is 70.6 Å². The molecule has 0 radical (unpaired) electrons. The van der Waals surface area contributed by atoms with Crippen LogP contribution in [0.5, 0.6) is 0 Å². The molecule has 24 heavy (non-hydrogen) atoms. The third-order valence-corrected chi connectivity index (χ3v) is 5.57. The lowest BCUT2D eigenvalue weighted by molar-refractivity contribution is 1.07. The molecular formula is C19H16ClN3S. The molecule has 120 valence electrons. The number of nitrogens with two attached hydrogens (primary N) is 1. The lowest BCUT2D eigenvalue weighted by atomic mass is 10.1. The Bertz CT molecular complexity index is 934. The van der Waals surface area contributed by atoms with Crippen LogP contribution in [0.3, 0.4) is 0 Å². The van der Waals surface area contributed by atoms with Gasteiger partial charge in [-0.25, -0.2) is 4.99 Å². The number of nitrogens with zero attached hydrogens (tertiary/aromatic N) is 1. The zero-order chi connectivity index (χ0) is 16.5.